The fraction of sp³-hybridized carbons (Fsp3) is 0.455. The minimum Gasteiger partial charge on any atom is -0.399 e. The molecule has 0 spiro atoms. The van der Waals surface area contributed by atoms with E-state index in [1.165, 1.54) is 12.1 Å². The van der Waals surface area contributed by atoms with Gasteiger partial charge in [-0.3, -0.25) is 0 Å². The Morgan fingerprint density at radius 3 is 2.87 bits per heavy atom. The van der Waals surface area contributed by atoms with E-state index in [0.29, 0.717) is 12.2 Å². The van der Waals surface area contributed by atoms with Crippen LogP contribution in [0.4, 0.5) is 15.8 Å². The molecule has 1 heterocycles. The zero-order chi connectivity index (χ0) is 10.8. The minimum absolute atomic E-state index is 0.316. The summed E-state index contributed by atoms with van der Waals surface area (Å²) in [6, 6.07) is 4.49. The Kier molecular flexibility index (Phi) is 2.77. The monoisotopic (exact) mass is 210 g/mol. The van der Waals surface area contributed by atoms with Gasteiger partial charge in [0.25, 0.3) is 0 Å². The van der Waals surface area contributed by atoms with Gasteiger partial charge in [0, 0.05) is 24.5 Å². The van der Waals surface area contributed by atoms with Gasteiger partial charge in [-0.25, -0.2) is 4.39 Å². The van der Waals surface area contributed by atoms with Crippen LogP contribution in [0.1, 0.15) is 12.8 Å². The van der Waals surface area contributed by atoms with Gasteiger partial charge in [0.2, 0.25) is 0 Å². The number of nitrogens with two attached hydrogens (primary N) is 1. The summed E-state index contributed by atoms with van der Waals surface area (Å²) in [6.07, 6.45) is 1.43. The molecule has 0 bridgehead atoms. The summed E-state index contributed by atoms with van der Waals surface area (Å²) in [6.45, 7) is 1.41. The van der Waals surface area contributed by atoms with Crippen molar-refractivity contribution in [3.8, 4) is 0 Å². The summed E-state index contributed by atoms with van der Waals surface area (Å²) < 4.78 is 13.1. The van der Waals surface area contributed by atoms with Crippen molar-refractivity contribution in [3.05, 3.63) is 24.0 Å². The Labute approximate surface area is 88.3 Å². The van der Waals surface area contributed by atoms with Gasteiger partial charge in [-0.15, -0.1) is 0 Å². The van der Waals surface area contributed by atoms with Crippen LogP contribution in [0, 0.1) is 5.82 Å². The molecular formula is C11H15FN2O. The van der Waals surface area contributed by atoms with Gasteiger partial charge in [-0.05, 0) is 31.0 Å². The molecule has 1 aliphatic rings. The lowest BCUT2D eigenvalue weighted by atomic mass is 10.1. The van der Waals surface area contributed by atoms with Crippen LogP contribution in [0.5, 0.6) is 0 Å². The molecule has 1 saturated heterocycles. The Balaban J connectivity index is 2.20. The van der Waals surface area contributed by atoms with Crippen LogP contribution in [0.3, 0.4) is 0 Å². The third-order valence-corrected chi connectivity index (χ3v) is 2.67. The van der Waals surface area contributed by atoms with E-state index in [4.69, 9.17) is 5.73 Å². The maximum atomic E-state index is 13.1. The Morgan fingerprint density at radius 2 is 2.20 bits per heavy atom. The lowest BCUT2D eigenvalue weighted by molar-refractivity contribution is 0.154. The first-order valence-electron chi connectivity index (χ1n) is 5.14. The van der Waals surface area contributed by atoms with Crippen molar-refractivity contribution >= 4 is 11.4 Å². The molecule has 0 saturated carbocycles. The summed E-state index contributed by atoms with van der Waals surface area (Å²) in [5.41, 5.74) is 6.75. The van der Waals surface area contributed by atoms with Crippen molar-refractivity contribution in [1.82, 2.24) is 0 Å². The molecule has 1 aromatic rings. The van der Waals surface area contributed by atoms with Crippen LogP contribution in [0.15, 0.2) is 18.2 Å². The van der Waals surface area contributed by atoms with Crippen LogP contribution in [0.25, 0.3) is 0 Å². The minimum atomic E-state index is -0.329. The number of benzene rings is 1. The Bertz CT molecular complexity index is 336. The molecule has 0 aliphatic carbocycles. The molecule has 82 valence electrons. The molecule has 3 N–H and O–H groups in total. The van der Waals surface area contributed by atoms with Crippen LogP contribution in [-0.4, -0.2) is 24.3 Å². The number of hydrogen-bond donors (Lipinski definition) is 2. The number of anilines is 2. The van der Waals surface area contributed by atoms with Crippen molar-refractivity contribution in [3.63, 3.8) is 0 Å². The highest BCUT2D eigenvalue weighted by Gasteiger charge is 2.18. The second-order valence-electron chi connectivity index (χ2n) is 3.98. The smallest absolute Gasteiger partial charge is 0.127 e. The number of rotatable bonds is 1. The second-order valence-corrected chi connectivity index (χ2v) is 3.98. The normalized spacial score (nSPS) is 21.7. The van der Waals surface area contributed by atoms with E-state index in [1.807, 2.05) is 4.90 Å². The van der Waals surface area contributed by atoms with Crippen LogP contribution >= 0.6 is 0 Å². The van der Waals surface area contributed by atoms with E-state index in [1.54, 1.807) is 6.07 Å². The first-order chi connectivity index (χ1) is 7.15. The first-order valence-corrected chi connectivity index (χ1v) is 5.14. The summed E-state index contributed by atoms with van der Waals surface area (Å²) >= 11 is 0. The molecule has 2 rings (SSSR count). The van der Waals surface area contributed by atoms with E-state index in [-0.39, 0.29) is 11.9 Å². The average Bonchev–Trinajstić information content (AvgIpc) is 2.16. The van der Waals surface area contributed by atoms with Crippen molar-refractivity contribution in [2.24, 2.45) is 0 Å². The molecule has 1 aliphatic heterocycles. The molecule has 0 amide bonds. The second kappa shape index (κ2) is 4.06. The van der Waals surface area contributed by atoms with Gasteiger partial charge in [-0.2, -0.15) is 0 Å². The average molecular weight is 210 g/mol. The number of piperidine rings is 1. The number of β-amino-alcohol motifs (C(OH)–C–C–N with tert-alkyl or cyclic N) is 1. The van der Waals surface area contributed by atoms with Crippen LogP contribution in [0.2, 0.25) is 0 Å². The molecular weight excluding hydrogens is 195 g/mol. The zero-order valence-electron chi connectivity index (χ0n) is 8.49. The summed E-state index contributed by atoms with van der Waals surface area (Å²) in [7, 11) is 0. The van der Waals surface area contributed by atoms with Gasteiger partial charge >= 0.3 is 0 Å². The Morgan fingerprint density at radius 1 is 1.40 bits per heavy atom. The number of aliphatic hydroxyl groups is 1. The summed E-state index contributed by atoms with van der Waals surface area (Å²) in [5.74, 6) is -0.329. The maximum absolute atomic E-state index is 13.1. The van der Waals surface area contributed by atoms with Gasteiger partial charge in [0.1, 0.15) is 5.82 Å². The van der Waals surface area contributed by atoms with Crippen molar-refractivity contribution in [2.75, 3.05) is 23.7 Å². The molecule has 1 aromatic carbocycles. The fourth-order valence-electron chi connectivity index (χ4n) is 1.97. The fourth-order valence-corrected chi connectivity index (χ4v) is 1.97. The predicted molar refractivity (Wildman–Crippen MR) is 58.3 cm³/mol. The molecule has 4 heteroatoms. The summed E-state index contributed by atoms with van der Waals surface area (Å²) in [5, 5.41) is 9.51. The van der Waals surface area contributed by atoms with E-state index in [9.17, 15) is 9.50 Å². The number of nitrogen functional groups attached to an aromatic ring is 1. The molecule has 1 atom stereocenters. The van der Waals surface area contributed by atoms with Crippen molar-refractivity contribution in [1.29, 1.82) is 0 Å². The molecule has 3 nitrogen and oxygen atoms in total. The number of nitrogens with zero attached hydrogens (tertiary/aromatic N) is 1. The van der Waals surface area contributed by atoms with Crippen LogP contribution in [-0.2, 0) is 0 Å². The lowest BCUT2D eigenvalue weighted by Crippen LogP contribution is -2.38. The molecule has 0 aromatic heterocycles. The number of hydrogen-bond acceptors (Lipinski definition) is 3. The quantitative estimate of drug-likeness (QED) is 0.688. The maximum Gasteiger partial charge on any atom is 0.127 e. The van der Waals surface area contributed by atoms with Gasteiger partial charge < -0.3 is 15.7 Å². The van der Waals surface area contributed by atoms with Crippen molar-refractivity contribution in [2.45, 2.75) is 18.9 Å². The van der Waals surface area contributed by atoms with Crippen LogP contribution < -0.4 is 10.6 Å². The molecule has 0 radical (unpaired) electrons. The van der Waals surface area contributed by atoms with E-state index < -0.39 is 0 Å². The van der Waals surface area contributed by atoms with Crippen molar-refractivity contribution < 1.29 is 9.50 Å². The van der Waals surface area contributed by atoms with Gasteiger partial charge in [0.15, 0.2) is 0 Å². The van der Waals surface area contributed by atoms with E-state index in [2.05, 4.69) is 0 Å². The largest absolute Gasteiger partial charge is 0.399 e. The molecule has 1 fully saturated rings. The standard InChI is InChI=1S/C11H15FN2O/c12-8-4-9(13)6-10(5-8)14-3-1-2-11(15)7-14/h4-6,11,15H,1-3,7,13H2. The highest BCUT2D eigenvalue weighted by atomic mass is 19.1. The first kappa shape index (κ1) is 10.2. The molecule has 15 heavy (non-hydrogen) atoms. The number of halogens is 1. The topological polar surface area (TPSA) is 49.5 Å². The van der Waals surface area contributed by atoms with E-state index >= 15 is 0 Å². The Hall–Kier alpha value is -1.29. The SMILES string of the molecule is Nc1cc(F)cc(N2CCCC(O)C2)c1. The predicted octanol–water partition coefficient (Wildman–Crippen LogP) is 1.37. The third kappa shape index (κ3) is 2.39. The summed E-state index contributed by atoms with van der Waals surface area (Å²) in [4.78, 5) is 1.97. The highest BCUT2D eigenvalue weighted by molar-refractivity contribution is 5.56. The zero-order valence-corrected chi connectivity index (χ0v) is 8.49. The highest BCUT2D eigenvalue weighted by Crippen LogP contribution is 2.23. The molecule has 1 unspecified atom stereocenters. The lowest BCUT2D eigenvalue weighted by Gasteiger charge is -2.32. The van der Waals surface area contributed by atoms with E-state index in [0.717, 1.165) is 25.1 Å². The number of aliphatic hydroxyl groups excluding tert-OH is 1. The van der Waals surface area contributed by atoms with Gasteiger partial charge in [-0.1, -0.05) is 0 Å². The third-order valence-electron chi connectivity index (χ3n) is 2.67. The van der Waals surface area contributed by atoms with Gasteiger partial charge in [0.05, 0.1) is 6.10 Å².